The van der Waals surface area contributed by atoms with E-state index in [9.17, 15) is 14.4 Å². The predicted octanol–water partition coefficient (Wildman–Crippen LogP) is 4.73. The fourth-order valence-corrected chi connectivity index (χ4v) is 4.06. The molecule has 0 saturated carbocycles. The summed E-state index contributed by atoms with van der Waals surface area (Å²) in [6, 6.07) is 18.7. The third-order valence-electron chi connectivity index (χ3n) is 6.05. The summed E-state index contributed by atoms with van der Waals surface area (Å²) < 4.78 is 0. The number of hydrogen-bond donors (Lipinski definition) is 2. The van der Waals surface area contributed by atoms with E-state index in [2.05, 4.69) is 40.1 Å². The lowest BCUT2D eigenvalue weighted by Crippen LogP contribution is -2.33. The summed E-state index contributed by atoms with van der Waals surface area (Å²) in [6.45, 7) is 3.42. The molecule has 2 N–H and O–H groups in total. The molecule has 2 aromatic carbocycles. The second-order valence-corrected chi connectivity index (χ2v) is 8.97. The van der Waals surface area contributed by atoms with Gasteiger partial charge in [0, 0.05) is 50.5 Å². The monoisotopic (exact) mass is 480 g/mol. The van der Waals surface area contributed by atoms with Gasteiger partial charge in [-0.2, -0.15) is 0 Å². The molecule has 0 atom stereocenters. The first kappa shape index (κ1) is 27.8. The van der Waals surface area contributed by atoms with Crippen LogP contribution in [-0.2, 0) is 16.1 Å². The van der Waals surface area contributed by atoms with Crippen molar-refractivity contribution in [2.45, 2.75) is 38.6 Å². The van der Waals surface area contributed by atoms with Gasteiger partial charge >= 0.3 is 11.9 Å². The van der Waals surface area contributed by atoms with Crippen molar-refractivity contribution in [3.8, 4) is 0 Å². The van der Waals surface area contributed by atoms with Gasteiger partial charge in [0.15, 0.2) is 5.78 Å². The van der Waals surface area contributed by atoms with Crippen LogP contribution in [0.2, 0.25) is 0 Å². The number of Topliss-reactive ketones (excluding diaryl/α,β-unsaturated/α-hetero) is 1. The lowest BCUT2D eigenvalue weighted by atomic mass is 9.90. The number of carbonyl (C=O) groups is 3. The number of carboxylic acid groups (broad SMARTS) is 2. The van der Waals surface area contributed by atoms with E-state index in [-0.39, 0.29) is 5.78 Å². The average Bonchev–Trinajstić information content (AvgIpc) is 2.85. The number of benzene rings is 2. The summed E-state index contributed by atoms with van der Waals surface area (Å²) in [7, 11) is 4.03. The molecule has 0 bridgehead atoms. The Balaban J connectivity index is 0.000000466. The lowest BCUT2D eigenvalue weighted by Gasteiger charge is -2.32. The Morgan fingerprint density at radius 1 is 0.914 bits per heavy atom. The van der Waals surface area contributed by atoms with Crippen molar-refractivity contribution < 1.29 is 24.6 Å². The van der Waals surface area contributed by atoms with Crippen LogP contribution in [-0.4, -0.2) is 60.0 Å². The smallest absolute Gasteiger partial charge is 0.328 e. The molecular formula is C28H36N2O5. The van der Waals surface area contributed by atoms with Gasteiger partial charge in [0.25, 0.3) is 0 Å². The van der Waals surface area contributed by atoms with E-state index in [0.29, 0.717) is 18.6 Å². The zero-order chi connectivity index (χ0) is 25.6. The number of carbonyl (C=O) groups excluding carboxylic acids is 1. The highest BCUT2D eigenvalue weighted by Crippen LogP contribution is 2.24. The molecule has 7 heteroatoms. The van der Waals surface area contributed by atoms with Gasteiger partial charge in [0.1, 0.15) is 0 Å². The quantitative estimate of drug-likeness (QED) is 0.375. The number of carboxylic acids is 2. The van der Waals surface area contributed by atoms with Crippen molar-refractivity contribution in [1.29, 1.82) is 0 Å². The predicted molar refractivity (Wildman–Crippen MR) is 138 cm³/mol. The van der Waals surface area contributed by atoms with Crippen LogP contribution < -0.4 is 4.90 Å². The number of hydrogen-bond acceptors (Lipinski definition) is 5. The molecule has 7 nitrogen and oxygen atoms in total. The Bertz CT molecular complexity index is 947. The maximum absolute atomic E-state index is 12.4. The van der Waals surface area contributed by atoms with Crippen molar-refractivity contribution >= 4 is 23.4 Å². The Morgan fingerprint density at radius 2 is 1.49 bits per heavy atom. The van der Waals surface area contributed by atoms with E-state index in [0.717, 1.165) is 30.1 Å². The summed E-state index contributed by atoms with van der Waals surface area (Å²) >= 11 is 0. The van der Waals surface area contributed by atoms with Crippen LogP contribution in [0.15, 0.2) is 66.7 Å². The highest BCUT2D eigenvalue weighted by molar-refractivity contribution is 5.96. The van der Waals surface area contributed by atoms with Crippen LogP contribution in [0, 0.1) is 5.92 Å². The zero-order valence-electron chi connectivity index (χ0n) is 20.6. The van der Waals surface area contributed by atoms with Gasteiger partial charge in [-0.3, -0.25) is 9.69 Å². The first-order chi connectivity index (χ1) is 16.7. The van der Waals surface area contributed by atoms with Gasteiger partial charge in [0.05, 0.1) is 0 Å². The maximum Gasteiger partial charge on any atom is 0.328 e. The van der Waals surface area contributed by atoms with E-state index in [1.54, 1.807) is 0 Å². The van der Waals surface area contributed by atoms with Crippen LogP contribution in [0.3, 0.4) is 0 Å². The molecule has 2 aromatic rings. The number of likely N-dealkylation sites (tertiary alicyclic amines) is 1. The molecule has 0 aromatic heterocycles. The molecule has 0 radical (unpaired) electrons. The first-order valence-electron chi connectivity index (χ1n) is 12.0. The van der Waals surface area contributed by atoms with Crippen LogP contribution in [0.5, 0.6) is 0 Å². The summed E-state index contributed by atoms with van der Waals surface area (Å²) in [4.78, 5) is 36.1. The standard InChI is InChI=1S/C24H32N2O.C4H4O4/c1-25(2)23-13-11-22(12-14-23)24(27)10-6-9-20-15-17-26(18-16-20)19-21-7-4-3-5-8-21;5-3(6)1-2-4(7)8/h3-5,7-8,11-14,20H,6,9-10,15-19H2,1-2H3;1-2H,(H,5,6)(H,7,8)/b;2-1+. The molecule has 1 heterocycles. The van der Waals surface area contributed by atoms with E-state index in [1.165, 1.54) is 37.9 Å². The summed E-state index contributed by atoms with van der Waals surface area (Å²) in [5, 5.41) is 15.6. The van der Waals surface area contributed by atoms with E-state index in [1.807, 2.05) is 38.4 Å². The van der Waals surface area contributed by atoms with Crippen molar-refractivity contribution in [1.82, 2.24) is 4.90 Å². The molecule has 3 rings (SSSR count). The number of piperidine rings is 1. The van der Waals surface area contributed by atoms with Crippen LogP contribution in [0.4, 0.5) is 5.69 Å². The first-order valence-corrected chi connectivity index (χ1v) is 12.0. The van der Waals surface area contributed by atoms with Gasteiger partial charge in [0.2, 0.25) is 0 Å². The molecular weight excluding hydrogens is 444 g/mol. The Hall–Kier alpha value is -3.45. The van der Waals surface area contributed by atoms with Gasteiger partial charge in [-0.05, 0) is 74.5 Å². The van der Waals surface area contributed by atoms with Gasteiger partial charge in [-0.25, -0.2) is 9.59 Å². The van der Waals surface area contributed by atoms with Gasteiger partial charge in [-0.15, -0.1) is 0 Å². The summed E-state index contributed by atoms with van der Waals surface area (Å²) in [5.74, 6) is -1.46. The number of aliphatic carboxylic acids is 2. The third-order valence-corrected chi connectivity index (χ3v) is 6.05. The minimum Gasteiger partial charge on any atom is -0.478 e. The SMILES string of the molecule is CN(C)c1ccc(C(=O)CCCC2CCN(Cc3ccccc3)CC2)cc1.O=C(O)/C=C/C(=O)O. The second kappa shape index (κ2) is 14.7. The molecule has 35 heavy (non-hydrogen) atoms. The van der Waals surface area contributed by atoms with Crippen molar-refractivity contribution in [3.05, 3.63) is 77.9 Å². The van der Waals surface area contributed by atoms with Crippen molar-refractivity contribution in [2.75, 3.05) is 32.1 Å². The van der Waals surface area contributed by atoms with E-state index in [4.69, 9.17) is 10.2 Å². The highest BCUT2D eigenvalue weighted by Gasteiger charge is 2.19. The number of rotatable bonds is 10. The normalized spacial score (nSPS) is 14.2. The zero-order valence-corrected chi connectivity index (χ0v) is 20.6. The highest BCUT2D eigenvalue weighted by atomic mass is 16.4. The van der Waals surface area contributed by atoms with Crippen LogP contribution in [0.25, 0.3) is 0 Å². The minimum absolute atomic E-state index is 0.279. The molecule has 1 aliphatic rings. The largest absolute Gasteiger partial charge is 0.478 e. The maximum atomic E-state index is 12.4. The van der Waals surface area contributed by atoms with Crippen LogP contribution in [0.1, 0.15) is 48.0 Å². The number of ketones is 1. The molecule has 188 valence electrons. The van der Waals surface area contributed by atoms with E-state index >= 15 is 0 Å². The summed E-state index contributed by atoms with van der Waals surface area (Å²) in [5.41, 5.74) is 3.38. The molecule has 0 aliphatic carbocycles. The number of nitrogens with zero attached hydrogens (tertiary/aromatic N) is 2. The average molecular weight is 481 g/mol. The van der Waals surface area contributed by atoms with Crippen molar-refractivity contribution in [3.63, 3.8) is 0 Å². The van der Waals surface area contributed by atoms with Gasteiger partial charge in [-0.1, -0.05) is 30.3 Å². The third kappa shape index (κ3) is 11.0. The van der Waals surface area contributed by atoms with E-state index < -0.39 is 11.9 Å². The molecule has 1 aliphatic heterocycles. The molecule has 0 amide bonds. The Morgan fingerprint density at radius 3 is 2.00 bits per heavy atom. The fourth-order valence-electron chi connectivity index (χ4n) is 4.06. The Kier molecular flexibility index (Phi) is 11.7. The second-order valence-electron chi connectivity index (χ2n) is 8.97. The fraction of sp³-hybridized carbons (Fsp3) is 0.393. The minimum atomic E-state index is -1.26. The number of anilines is 1. The molecule has 1 fully saturated rings. The van der Waals surface area contributed by atoms with Crippen LogP contribution >= 0.6 is 0 Å². The lowest BCUT2D eigenvalue weighted by molar-refractivity contribution is -0.134. The molecule has 0 unspecified atom stereocenters. The summed E-state index contributed by atoms with van der Waals surface area (Å²) in [6.07, 6.45) is 6.51. The van der Waals surface area contributed by atoms with Crippen molar-refractivity contribution in [2.24, 2.45) is 5.92 Å². The molecule has 1 saturated heterocycles. The van der Waals surface area contributed by atoms with Gasteiger partial charge < -0.3 is 15.1 Å². The molecule has 0 spiro atoms. The topological polar surface area (TPSA) is 98.2 Å². The Labute approximate surface area is 207 Å².